The van der Waals surface area contributed by atoms with Crippen LogP contribution in [0.4, 0.5) is 0 Å². The molecule has 150 valence electrons. The Morgan fingerprint density at radius 2 is 1.89 bits per heavy atom. The fourth-order valence-electron chi connectivity index (χ4n) is 4.56. The fourth-order valence-corrected chi connectivity index (χ4v) is 4.56. The number of ketones is 1. The van der Waals surface area contributed by atoms with Gasteiger partial charge in [0, 0.05) is 30.4 Å². The van der Waals surface area contributed by atoms with Crippen LogP contribution in [0.25, 0.3) is 0 Å². The normalized spacial score (nSPS) is 34.1. The Bertz CT molecular complexity index is 862. The van der Waals surface area contributed by atoms with E-state index in [1.54, 1.807) is 13.8 Å². The monoisotopic (exact) mass is 388 g/mol. The predicted molar refractivity (Wildman–Crippen MR) is 97.8 cm³/mol. The Hall–Kier alpha value is -2.70. The highest BCUT2D eigenvalue weighted by Crippen LogP contribution is 2.51. The van der Waals surface area contributed by atoms with Crippen molar-refractivity contribution in [2.45, 2.75) is 58.8 Å². The molecule has 5 atom stereocenters. The summed E-state index contributed by atoms with van der Waals surface area (Å²) in [6.07, 6.45) is 0.168. The Labute approximate surface area is 163 Å². The topological polar surface area (TPSA) is 96.0 Å². The molecule has 0 saturated carbocycles. The van der Waals surface area contributed by atoms with E-state index in [-0.39, 0.29) is 17.8 Å². The van der Waals surface area contributed by atoms with Crippen LogP contribution in [0.1, 0.15) is 41.0 Å². The average molecular weight is 388 g/mol. The molecule has 1 fully saturated rings. The van der Waals surface area contributed by atoms with Crippen LogP contribution >= 0.6 is 0 Å². The first-order valence-electron chi connectivity index (χ1n) is 9.16. The molecular formula is C21H24O7. The highest BCUT2D eigenvalue weighted by Gasteiger charge is 2.65. The third kappa shape index (κ3) is 2.99. The molecule has 0 bridgehead atoms. The van der Waals surface area contributed by atoms with Crippen molar-refractivity contribution >= 4 is 23.7 Å². The molecule has 0 aromatic heterocycles. The summed E-state index contributed by atoms with van der Waals surface area (Å²) in [5, 5.41) is 0. The molecule has 1 saturated heterocycles. The SMILES string of the molecule is C=C(C)C(=O)O[C@H]1CC(C)=C2C(=O)C=C(C)[C@@H]2[C@H]2OC(=O)C(C)(OC(C)=O)[C@@H]21. The fraction of sp³-hybridized carbons (Fsp3) is 0.524. The quantitative estimate of drug-likeness (QED) is 0.415. The van der Waals surface area contributed by atoms with Crippen LogP contribution in [0.5, 0.6) is 0 Å². The minimum absolute atomic E-state index is 0.136. The van der Waals surface area contributed by atoms with Crippen molar-refractivity contribution in [2.24, 2.45) is 11.8 Å². The molecule has 0 amide bonds. The van der Waals surface area contributed by atoms with Gasteiger partial charge in [-0.2, -0.15) is 0 Å². The molecule has 1 heterocycles. The number of carbonyl (C=O) groups excluding carboxylic acids is 4. The second kappa shape index (κ2) is 6.72. The zero-order chi connectivity index (χ0) is 21.0. The number of fused-ring (bicyclic) bond motifs is 3. The van der Waals surface area contributed by atoms with Crippen molar-refractivity contribution in [1.29, 1.82) is 0 Å². The second-order valence-corrected chi connectivity index (χ2v) is 7.95. The second-order valence-electron chi connectivity index (χ2n) is 7.95. The minimum atomic E-state index is -1.63. The summed E-state index contributed by atoms with van der Waals surface area (Å²) < 4.78 is 16.7. The summed E-state index contributed by atoms with van der Waals surface area (Å²) in [6, 6.07) is 0. The lowest BCUT2D eigenvalue weighted by Crippen LogP contribution is -2.50. The zero-order valence-electron chi connectivity index (χ0n) is 16.7. The van der Waals surface area contributed by atoms with Gasteiger partial charge in [-0.05, 0) is 33.8 Å². The summed E-state index contributed by atoms with van der Waals surface area (Å²) >= 11 is 0. The molecule has 0 N–H and O–H groups in total. The van der Waals surface area contributed by atoms with Crippen LogP contribution in [0.3, 0.4) is 0 Å². The first-order chi connectivity index (χ1) is 13.0. The molecule has 1 aliphatic heterocycles. The van der Waals surface area contributed by atoms with E-state index in [4.69, 9.17) is 14.2 Å². The van der Waals surface area contributed by atoms with Gasteiger partial charge in [0.2, 0.25) is 5.60 Å². The molecule has 0 aromatic rings. The molecule has 7 nitrogen and oxygen atoms in total. The smallest absolute Gasteiger partial charge is 0.351 e. The highest BCUT2D eigenvalue weighted by atomic mass is 16.6. The van der Waals surface area contributed by atoms with Gasteiger partial charge in [-0.25, -0.2) is 9.59 Å². The Morgan fingerprint density at radius 1 is 1.25 bits per heavy atom. The maximum absolute atomic E-state index is 12.8. The van der Waals surface area contributed by atoms with Crippen LogP contribution < -0.4 is 0 Å². The number of ether oxygens (including phenoxy) is 3. The van der Waals surface area contributed by atoms with E-state index in [0.29, 0.717) is 5.57 Å². The lowest BCUT2D eigenvalue weighted by molar-refractivity contribution is -0.176. The molecule has 3 rings (SSSR count). The van der Waals surface area contributed by atoms with E-state index in [9.17, 15) is 19.2 Å². The van der Waals surface area contributed by atoms with Crippen LogP contribution in [-0.4, -0.2) is 41.5 Å². The number of allylic oxidation sites excluding steroid dienone is 1. The number of carbonyl (C=O) groups is 4. The van der Waals surface area contributed by atoms with E-state index < -0.39 is 47.6 Å². The molecule has 0 spiro atoms. The molecule has 2 aliphatic carbocycles. The van der Waals surface area contributed by atoms with E-state index >= 15 is 0 Å². The van der Waals surface area contributed by atoms with Crippen molar-refractivity contribution in [3.8, 4) is 0 Å². The molecule has 1 unspecified atom stereocenters. The molecule has 3 aliphatic rings. The Kier molecular flexibility index (Phi) is 4.81. The summed E-state index contributed by atoms with van der Waals surface area (Å²) in [5.74, 6) is -3.32. The van der Waals surface area contributed by atoms with Crippen LogP contribution in [0.2, 0.25) is 0 Å². The lowest BCUT2D eigenvalue weighted by Gasteiger charge is -2.34. The summed E-state index contributed by atoms with van der Waals surface area (Å²) in [5.41, 5.74) is 0.663. The minimum Gasteiger partial charge on any atom is -0.458 e. The van der Waals surface area contributed by atoms with E-state index in [2.05, 4.69) is 6.58 Å². The van der Waals surface area contributed by atoms with E-state index in [1.807, 2.05) is 0 Å². The standard InChI is InChI=1S/C21H24O7/c1-9(2)19(24)26-14-8-11(4)15-13(23)7-10(3)16(15)18-17(14)21(6,20(25)27-18)28-12(5)22/h7,14,16-18H,1,8H2,2-6H3/t14-,16-,17+,18+,21?/m0/s1. The van der Waals surface area contributed by atoms with Crippen molar-refractivity contribution in [3.05, 3.63) is 34.9 Å². The van der Waals surface area contributed by atoms with Crippen molar-refractivity contribution in [1.82, 2.24) is 0 Å². The van der Waals surface area contributed by atoms with Crippen LogP contribution in [-0.2, 0) is 33.4 Å². The van der Waals surface area contributed by atoms with Crippen molar-refractivity contribution in [2.75, 3.05) is 0 Å². The number of hydrogen-bond acceptors (Lipinski definition) is 7. The molecule has 0 radical (unpaired) electrons. The first-order valence-corrected chi connectivity index (χ1v) is 9.16. The van der Waals surface area contributed by atoms with Gasteiger partial charge in [-0.15, -0.1) is 0 Å². The van der Waals surface area contributed by atoms with Gasteiger partial charge < -0.3 is 14.2 Å². The number of hydrogen-bond donors (Lipinski definition) is 0. The average Bonchev–Trinajstić information content (AvgIpc) is 2.93. The summed E-state index contributed by atoms with van der Waals surface area (Å²) in [6.45, 7) is 11.4. The van der Waals surface area contributed by atoms with Gasteiger partial charge in [-0.1, -0.05) is 17.7 Å². The van der Waals surface area contributed by atoms with Gasteiger partial charge in [-0.3, -0.25) is 9.59 Å². The van der Waals surface area contributed by atoms with E-state index in [0.717, 1.165) is 11.1 Å². The maximum Gasteiger partial charge on any atom is 0.351 e. The van der Waals surface area contributed by atoms with E-state index in [1.165, 1.54) is 26.8 Å². The summed E-state index contributed by atoms with van der Waals surface area (Å²) in [4.78, 5) is 49.3. The van der Waals surface area contributed by atoms with Crippen molar-refractivity contribution < 1.29 is 33.4 Å². The molecule has 0 aromatic carbocycles. The van der Waals surface area contributed by atoms with Gasteiger partial charge in [0.15, 0.2) is 5.78 Å². The van der Waals surface area contributed by atoms with Gasteiger partial charge >= 0.3 is 17.9 Å². The third-order valence-electron chi connectivity index (χ3n) is 5.72. The number of esters is 3. The van der Waals surface area contributed by atoms with Crippen LogP contribution in [0, 0.1) is 11.8 Å². The number of rotatable bonds is 3. The maximum atomic E-state index is 12.8. The van der Waals surface area contributed by atoms with Gasteiger partial charge in [0.1, 0.15) is 12.2 Å². The van der Waals surface area contributed by atoms with Crippen molar-refractivity contribution in [3.63, 3.8) is 0 Å². The lowest BCUT2D eigenvalue weighted by atomic mass is 9.77. The predicted octanol–water partition coefficient (Wildman–Crippen LogP) is 2.20. The van der Waals surface area contributed by atoms with Gasteiger partial charge in [0.25, 0.3) is 0 Å². The zero-order valence-corrected chi connectivity index (χ0v) is 16.7. The third-order valence-corrected chi connectivity index (χ3v) is 5.72. The Balaban J connectivity index is 2.14. The van der Waals surface area contributed by atoms with Crippen LogP contribution in [0.15, 0.2) is 34.9 Å². The molecular weight excluding hydrogens is 364 g/mol. The molecule has 7 heteroatoms. The first kappa shape index (κ1) is 20.0. The highest BCUT2D eigenvalue weighted by molar-refractivity contribution is 6.09. The largest absolute Gasteiger partial charge is 0.458 e. The molecule has 28 heavy (non-hydrogen) atoms. The van der Waals surface area contributed by atoms with Gasteiger partial charge in [0.05, 0.1) is 5.92 Å². The summed E-state index contributed by atoms with van der Waals surface area (Å²) in [7, 11) is 0. The Morgan fingerprint density at radius 3 is 2.46 bits per heavy atom.